The molecule has 0 aliphatic carbocycles. The summed E-state index contributed by atoms with van der Waals surface area (Å²) in [5, 5.41) is 10.4. The monoisotopic (exact) mass is 358 g/mol. The molecule has 0 unspecified atom stereocenters. The van der Waals surface area contributed by atoms with Gasteiger partial charge in [-0.25, -0.2) is 4.98 Å². The van der Waals surface area contributed by atoms with Gasteiger partial charge in [0.15, 0.2) is 5.16 Å². The first-order valence-corrected chi connectivity index (χ1v) is 9.44. The molecule has 0 fully saturated rings. The molecule has 0 spiro atoms. The summed E-state index contributed by atoms with van der Waals surface area (Å²) in [5.74, 6) is 0.711. The number of hydrogen-bond donors (Lipinski definition) is 1. The van der Waals surface area contributed by atoms with Crippen LogP contribution in [-0.2, 0) is 12.2 Å². The highest BCUT2D eigenvalue weighted by Crippen LogP contribution is 2.26. The topological polar surface area (TPSA) is 56.9 Å². The molecule has 5 heteroatoms. The van der Waals surface area contributed by atoms with Crippen LogP contribution in [-0.4, -0.2) is 14.4 Å². The summed E-state index contributed by atoms with van der Waals surface area (Å²) >= 11 is 1.63. The maximum Gasteiger partial charge on any atom is 0.166 e. The van der Waals surface area contributed by atoms with Crippen molar-refractivity contribution in [1.82, 2.24) is 14.4 Å². The van der Waals surface area contributed by atoms with Crippen LogP contribution in [0.5, 0.6) is 0 Å². The van der Waals surface area contributed by atoms with E-state index in [0.29, 0.717) is 5.75 Å². The van der Waals surface area contributed by atoms with Crippen LogP contribution in [0.15, 0.2) is 66.1 Å². The third-order valence-electron chi connectivity index (χ3n) is 4.42. The second-order valence-electron chi connectivity index (χ2n) is 6.20. The quantitative estimate of drug-likeness (QED) is 0.525. The Bertz CT molecular complexity index is 1090. The predicted octanol–water partition coefficient (Wildman–Crippen LogP) is 4.73. The van der Waals surface area contributed by atoms with Crippen molar-refractivity contribution >= 4 is 17.3 Å². The molecule has 0 saturated carbocycles. The third kappa shape index (κ3) is 3.24. The average Bonchev–Trinajstić information content (AvgIpc) is 3.20. The molecule has 0 aliphatic rings. The molecule has 128 valence electrons. The maximum atomic E-state index is 9.52. The lowest BCUT2D eigenvalue weighted by atomic mass is 10.1. The van der Waals surface area contributed by atoms with Crippen molar-refractivity contribution in [2.45, 2.75) is 24.3 Å². The summed E-state index contributed by atoms with van der Waals surface area (Å²) in [6.07, 6.45) is 4.82. The zero-order valence-electron chi connectivity index (χ0n) is 14.4. The first kappa shape index (κ1) is 16.5. The average molecular weight is 358 g/mol. The van der Waals surface area contributed by atoms with Gasteiger partial charge in [-0.2, -0.15) is 5.26 Å². The fourth-order valence-corrected chi connectivity index (χ4v) is 3.97. The van der Waals surface area contributed by atoms with Crippen molar-refractivity contribution in [2.75, 3.05) is 0 Å². The summed E-state index contributed by atoms with van der Waals surface area (Å²) in [4.78, 5) is 8.12. The number of nitrogens with one attached hydrogen (secondary N) is 1. The number of aromatic amines is 1. The normalized spacial score (nSPS) is 10.9. The second kappa shape index (κ2) is 7.11. The predicted molar refractivity (Wildman–Crippen MR) is 104 cm³/mol. The Balaban J connectivity index is 1.52. The van der Waals surface area contributed by atoms with Crippen molar-refractivity contribution in [1.29, 1.82) is 5.26 Å². The molecule has 4 rings (SSSR count). The summed E-state index contributed by atoms with van der Waals surface area (Å²) in [7, 11) is 0. The smallest absolute Gasteiger partial charge is 0.166 e. The number of pyridine rings is 1. The number of fused-ring (bicyclic) bond motifs is 1. The summed E-state index contributed by atoms with van der Waals surface area (Å²) in [6.45, 7) is 2.06. The summed E-state index contributed by atoms with van der Waals surface area (Å²) in [5.41, 5.74) is 6.14. The zero-order chi connectivity index (χ0) is 17.9. The van der Waals surface area contributed by atoms with Crippen molar-refractivity contribution < 1.29 is 0 Å². The van der Waals surface area contributed by atoms with E-state index >= 15 is 0 Å². The SMILES string of the molecule is Cc1[nH]c(SCc2cn3ccccc3c2C#N)nc1Cc1ccccc1. The molecular formula is C21H18N4S. The molecule has 0 amide bonds. The van der Waals surface area contributed by atoms with Crippen molar-refractivity contribution in [3.05, 3.63) is 89.0 Å². The van der Waals surface area contributed by atoms with E-state index in [-0.39, 0.29) is 0 Å². The van der Waals surface area contributed by atoms with Crippen molar-refractivity contribution in [2.24, 2.45) is 0 Å². The van der Waals surface area contributed by atoms with E-state index in [1.54, 1.807) is 11.8 Å². The molecule has 0 radical (unpaired) electrons. The minimum atomic E-state index is 0.711. The number of aryl methyl sites for hydroxylation is 1. The van der Waals surface area contributed by atoms with Crippen LogP contribution < -0.4 is 0 Å². The largest absolute Gasteiger partial charge is 0.337 e. The molecule has 0 saturated heterocycles. The Morgan fingerprint density at radius 1 is 1.15 bits per heavy atom. The first-order valence-electron chi connectivity index (χ1n) is 8.45. The van der Waals surface area contributed by atoms with Crippen molar-refractivity contribution in [3.8, 4) is 6.07 Å². The number of H-pyrrole nitrogens is 1. The number of aromatic nitrogens is 3. The Morgan fingerprint density at radius 2 is 1.96 bits per heavy atom. The molecular weight excluding hydrogens is 340 g/mol. The Labute approximate surface area is 156 Å². The molecule has 26 heavy (non-hydrogen) atoms. The van der Waals surface area contributed by atoms with Gasteiger partial charge in [-0.05, 0) is 30.2 Å². The summed E-state index contributed by atoms with van der Waals surface area (Å²) in [6, 6.07) is 18.6. The van der Waals surface area contributed by atoms with E-state index in [0.717, 1.165) is 39.6 Å². The first-order chi connectivity index (χ1) is 12.7. The van der Waals surface area contributed by atoms with Gasteiger partial charge >= 0.3 is 0 Å². The van der Waals surface area contributed by atoms with Crippen LogP contribution in [0.2, 0.25) is 0 Å². The van der Waals surface area contributed by atoms with E-state index in [2.05, 4.69) is 30.1 Å². The molecule has 0 bridgehead atoms. The van der Waals surface area contributed by atoms with E-state index in [4.69, 9.17) is 4.98 Å². The highest BCUT2D eigenvalue weighted by molar-refractivity contribution is 7.98. The van der Waals surface area contributed by atoms with E-state index in [1.807, 2.05) is 53.2 Å². The van der Waals surface area contributed by atoms with E-state index in [1.165, 1.54) is 5.56 Å². The minimum absolute atomic E-state index is 0.711. The Morgan fingerprint density at radius 3 is 2.77 bits per heavy atom. The minimum Gasteiger partial charge on any atom is -0.337 e. The molecule has 0 aliphatic heterocycles. The van der Waals surface area contributed by atoms with Gasteiger partial charge < -0.3 is 9.38 Å². The molecule has 4 nitrogen and oxygen atoms in total. The fraction of sp³-hybridized carbons (Fsp3) is 0.143. The van der Waals surface area contributed by atoms with Crippen LogP contribution in [0.3, 0.4) is 0 Å². The van der Waals surface area contributed by atoms with Crippen LogP contribution >= 0.6 is 11.8 Å². The van der Waals surface area contributed by atoms with Crippen LogP contribution in [0.4, 0.5) is 0 Å². The summed E-state index contributed by atoms with van der Waals surface area (Å²) < 4.78 is 2.00. The van der Waals surface area contributed by atoms with Gasteiger partial charge in [0, 0.05) is 30.3 Å². The van der Waals surface area contributed by atoms with Gasteiger partial charge in [-0.3, -0.25) is 0 Å². The van der Waals surface area contributed by atoms with Crippen LogP contribution in [0.1, 0.15) is 28.1 Å². The Kier molecular flexibility index (Phi) is 4.51. The number of rotatable bonds is 5. The number of benzene rings is 1. The van der Waals surface area contributed by atoms with E-state index < -0.39 is 0 Å². The second-order valence-corrected chi connectivity index (χ2v) is 7.16. The highest BCUT2D eigenvalue weighted by atomic mass is 32.2. The van der Waals surface area contributed by atoms with Crippen LogP contribution in [0, 0.1) is 18.3 Å². The lowest BCUT2D eigenvalue weighted by molar-refractivity contribution is 1.01. The van der Waals surface area contributed by atoms with Gasteiger partial charge in [-0.15, -0.1) is 0 Å². The van der Waals surface area contributed by atoms with Gasteiger partial charge in [0.05, 0.1) is 16.8 Å². The molecule has 3 heterocycles. The lowest BCUT2D eigenvalue weighted by Gasteiger charge is -1.98. The Hall–Kier alpha value is -2.97. The van der Waals surface area contributed by atoms with Crippen molar-refractivity contribution in [3.63, 3.8) is 0 Å². The number of thioether (sulfide) groups is 1. The van der Waals surface area contributed by atoms with E-state index in [9.17, 15) is 5.26 Å². The molecule has 0 atom stereocenters. The van der Waals surface area contributed by atoms with Crippen LogP contribution in [0.25, 0.3) is 5.52 Å². The number of hydrogen-bond acceptors (Lipinski definition) is 3. The fourth-order valence-electron chi connectivity index (χ4n) is 3.06. The molecule has 1 N–H and O–H groups in total. The van der Waals surface area contributed by atoms with Gasteiger partial charge in [0.25, 0.3) is 0 Å². The third-order valence-corrected chi connectivity index (χ3v) is 5.34. The molecule has 4 aromatic rings. The standard InChI is InChI=1S/C21H18N4S/c1-15-19(11-16-7-3-2-4-8-16)24-21(23-15)26-14-17-13-25-10-6-5-9-20(25)18(17)12-22/h2-10,13H,11,14H2,1H3,(H,23,24). The molecule has 1 aromatic carbocycles. The number of nitriles is 1. The van der Waals surface area contributed by atoms with Gasteiger partial charge in [0.2, 0.25) is 0 Å². The number of nitrogens with zero attached hydrogens (tertiary/aromatic N) is 3. The maximum absolute atomic E-state index is 9.52. The van der Waals surface area contributed by atoms with Gasteiger partial charge in [-0.1, -0.05) is 48.2 Å². The lowest BCUT2D eigenvalue weighted by Crippen LogP contribution is -1.90. The van der Waals surface area contributed by atoms with Gasteiger partial charge in [0.1, 0.15) is 6.07 Å². The molecule has 3 aromatic heterocycles. The zero-order valence-corrected chi connectivity index (χ0v) is 15.3. The highest BCUT2D eigenvalue weighted by Gasteiger charge is 2.13. The number of imidazole rings is 1.